The SMILES string of the molecule is CC(C)CCNC(=O)Cn1cnc(Cl)c(N)c1=O. The topological polar surface area (TPSA) is 90.0 Å². The normalized spacial score (nSPS) is 10.7. The number of nitrogen functional groups attached to an aromatic ring is 1. The Labute approximate surface area is 110 Å². The summed E-state index contributed by atoms with van der Waals surface area (Å²) in [7, 11) is 0. The maximum atomic E-state index is 11.6. The van der Waals surface area contributed by atoms with Crippen LogP contribution in [0.4, 0.5) is 5.69 Å². The van der Waals surface area contributed by atoms with Gasteiger partial charge in [0.25, 0.3) is 5.56 Å². The lowest BCUT2D eigenvalue weighted by Gasteiger charge is -2.09. The van der Waals surface area contributed by atoms with Crippen molar-refractivity contribution in [3.63, 3.8) is 0 Å². The molecule has 0 saturated heterocycles. The summed E-state index contributed by atoms with van der Waals surface area (Å²) in [4.78, 5) is 26.9. The molecule has 0 fully saturated rings. The van der Waals surface area contributed by atoms with Crippen molar-refractivity contribution in [3.05, 3.63) is 21.8 Å². The molecule has 0 saturated carbocycles. The number of nitrogens with zero attached hydrogens (tertiary/aromatic N) is 2. The molecule has 0 bridgehead atoms. The number of nitrogens with two attached hydrogens (primary N) is 1. The molecule has 1 amide bonds. The van der Waals surface area contributed by atoms with E-state index in [9.17, 15) is 9.59 Å². The highest BCUT2D eigenvalue weighted by molar-refractivity contribution is 6.31. The summed E-state index contributed by atoms with van der Waals surface area (Å²) in [5.74, 6) is 0.266. The van der Waals surface area contributed by atoms with Gasteiger partial charge < -0.3 is 11.1 Å². The summed E-state index contributed by atoms with van der Waals surface area (Å²) < 4.78 is 1.13. The fourth-order valence-corrected chi connectivity index (χ4v) is 1.43. The van der Waals surface area contributed by atoms with Crippen LogP contribution in [-0.2, 0) is 11.3 Å². The Hall–Kier alpha value is -1.56. The zero-order valence-corrected chi connectivity index (χ0v) is 11.2. The third-order valence-electron chi connectivity index (χ3n) is 2.38. The molecular weight excluding hydrogens is 256 g/mol. The Morgan fingerprint density at radius 3 is 2.89 bits per heavy atom. The zero-order chi connectivity index (χ0) is 13.7. The first-order valence-electron chi connectivity index (χ1n) is 5.69. The molecule has 0 spiro atoms. The average molecular weight is 273 g/mol. The number of carbonyl (C=O) groups is 1. The number of aromatic nitrogens is 2. The van der Waals surface area contributed by atoms with Crippen LogP contribution in [0.3, 0.4) is 0 Å². The first-order chi connectivity index (χ1) is 8.41. The van der Waals surface area contributed by atoms with Crippen LogP contribution in [-0.4, -0.2) is 22.0 Å². The lowest BCUT2D eigenvalue weighted by Crippen LogP contribution is -2.34. The van der Waals surface area contributed by atoms with E-state index in [2.05, 4.69) is 24.1 Å². The van der Waals surface area contributed by atoms with Gasteiger partial charge in [0.1, 0.15) is 12.2 Å². The van der Waals surface area contributed by atoms with Gasteiger partial charge in [-0.2, -0.15) is 0 Å². The van der Waals surface area contributed by atoms with Crippen LogP contribution < -0.4 is 16.6 Å². The number of nitrogens with one attached hydrogen (secondary N) is 1. The van der Waals surface area contributed by atoms with Crippen molar-refractivity contribution in [2.24, 2.45) is 5.92 Å². The zero-order valence-electron chi connectivity index (χ0n) is 10.4. The molecule has 0 atom stereocenters. The summed E-state index contributed by atoms with van der Waals surface area (Å²) >= 11 is 5.59. The van der Waals surface area contributed by atoms with Gasteiger partial charge in [-0.1, -0.05) is 25.4 Å². The van der Waals surface area contributed by atoms with E-state index in [-0.39, 0.29) is 23.3 Å². The fraction of sp³-hybridized carbons (Fsp3) is 0.545. The van der Waals surface area contributed by atoms with E-state index in [4.69, 9.17) is 17.3 Å². The van der Waals surface area contributed by atoms with Gasteiger partial charge in [-0.15, -0.1) is 0 Å². The number of hydrogen-bond donors (Lipinski definition) is 2. The predicted octanol–water partition coefficient (Wildman–Crippen LogP) is 0.641. The number of rotatable bonds is 5. The maximum Gasteiger partial charge on any atom is 0.278 e. The van der Waals surface area contributed by atoms with Gasteiger partial charge in [0, 0.05) is 6.54 Å². The van der Waals surface area contributed by atoms with Crippen molar-refractivity contribution in [2.75, 3.05) is 12.3 Å². The van der Waals surface area contributed by atoms with E-state index < -0.39 is 5.56 Å². The molecule has 0 aliphatic heterocycles. The molecule has 6 nitrogen and oxygen atoms in total. The molecule has 7 heteroatoms. The van der Waals surface area contributed by atoms with Crippen LogP contribution in [0.2, 0.25) is 5.15 Å². The molecule has 0 unspecified atom stereocenters. The third kappa shape index (κ3) is 4.03. The molecular formula is C11H17ClN4O2. The van der Waals surface area contributed by atoms with Gasteiger partial charge in [0.15, 0.2) is 5.15 Å². The summed E-state index contributed by atoms with van der Waals surface area (Å²) in [6.45, 7) is 4.62. The quantitative estimate of drug-likeness (QED) is 0.770. The molecule has 1 heterocycles. The van der Waals surface area contributed by atoms with E-state index in [0.29, 0.717) is 12.5 Å². The molecule has 1 aromatic rings. The van der Waals surface area contributed by atoms with Crippen LogP contribution in [0, 0.1) is 5.92 Å². The van der Waals surface area contributed by atoms with Crippen LogP contribution in [0.5, 0.6) is 0 Å². The monoisotopic (exact) mass is 272 g/mol. The molecule has 0 aliphatic rings. The van der Waals surface area contributed by atoms with Crippen LogP contribution >= 0.6 is 11.6 Å². The molecule has 100 valence electrons. The van der Waals surface area contributed by atoms with Gasteiger partial charge >= 0.3 is 0 Å². The molecule has 1 aromatic heterocycles. The van der Waals surface area contributed by atoms with E-state index >= 15 is 0 Å². The summed E-state index contributed by atoms with van der Waals surface area (Å²) in [6, 6.07) is 0. The van der Waals surface area contributed by atoms with Crippen molar-refractivity contribution >= 4 is 23.2 Å². The maximum absolute atomic E-state index is 11.6. The van der Waals surface area contributed by atoms with Crippen molar-refractivity contribution in [3.8, 4) is 0 Å². The Morgan fingerprint density at radius 1 is 1.61 bits per heavy atom. The highest BCUT2D eigenvalue weighted by atomic mass is 35.5. The standard InChI is InChI=1S/C11H17ClN4O2/c1-7(2)3-4-14-8(17)5-16-6-15-10(12)9(13)11(16)18/h6-7H,3-5,13H2,1-2H3,(H,14,17). The van der Waals surface area contributed by atoms with Crippen molar-refractivity contribution in [1.29, 1.82) is 0 Å². The van der Waals surface area contributed by atoms with Gasteiger partial charge in [0.2, 0.25) is 5.91 Å². The molecule has 1 rings (SSSR count). The number of anilines is 1. The minimum atomic E-state index is -0.506. The Kier molecular flexibility index (Phi) is 5.15. The Bertz CT molecular complexity index is 484. The number of halogens is 1. The first kappa shape index (κ1) is 14.5. The molecule has 0 radical (unpaired) electrons. The van der Waals surface area contributed by atoms with Gasteiger partial charge in [-0.05, 0) is 12.3 Å². The Balaban J connectivity index is 2.60. The smallest absolute Gasteiger partial charge is 0.278 e. The van der Waals surface area contributed by atoms with E-state index in [1.807, 2.05) is 0 Å². The summed E-state index contributed by atoms with van der Waals surface area (Å²) in [5, 5.41) is 2.68. The fourth-order valence-electron chi connectivity index (χ4n) is 1.31. The van der Waals surface area contributed by atoms with Gasteiger partial charge in [-0.3, -0.25) is 14.2 Å². The number of carbonyl (C=O) groups excluding carboxylic acids is 1. The second-order valence-corrected chi connectivity index (χ2v) is 4.77. The summed E-state index contributed by atoms with van der Waals surface area (Å²) in [5.41, 5.74) is 4.79. The molecule has 0 aliphatic carbocycles. The van der Waals surface area contributed by atoms with Crippen LogP contribution in [0.1, 0.15) is 20.3 Å². The predicted molar refractivity (Wildman–Crippen MR) is 70.4 cm³/mol. The lowest BCUT2D eigenvalue weighted by molar-refractivity contribution is -0.121. The minimum absolute atomic E-state index is 0.0449. The van der Waals surface area contributed by atoms with Crippen molar-refractivity contribution in [2.45, 2.75) is 26.8 Å². The van der Waals surface area contributed by atoms with Crippen LogP contribution in [0.15, 0.2) is 11.1 Å². The van der Waals surface area contributed by atoms with Gasteiger partial charge in [0.05, 0.1) is 6.33 Å². The van der Waals surface area contributed by atoms with Crippen molar-refractivity contribution < 1.29 is 4.79 Å². The van der Waals surface area contributed by atoms with E-state index in [1.54, 1.807) is 0 Å². The highest BCUT2D eigenvalue weighted by Gasteiger charge is 2.09. The lowest BCUT2D eigenvalue weighted by atomic mass is 10.1. The second kappa shape index (κ2) is 6.39. The van der Waals surface area contributed by atoms with Crippen LogP contribution in [0.25, 0.3) is 0 Å². The summed E-state index contributed by atoms with van der Waals surface area (Å²) in [6.07, 6.45) is 2.10. The molecule has 18 heavy (non-hydrogen) atoms. The number of amides is 1. The van der Waals surface area contributed by atoms with E-state index in [0.717, 1.165) is 11.0 Å². The number of hydrogen-bond acceptors (Lipinski definition) is 4. The highest BCUT2D eigenvalue weighted by Crippen LogP contribution is 2.07. The molecule has 3 N–H and O–H groups in total. The van der Waals surface area contributed by atoms with Gasteiger partial charge in [-0.25, -0.2) is 4.98 Å². The largest absolute Gasteiger partial charge is 0.392 e. The molecule has 0 aromatic carbocycles. The van der Waals surface area contributed by atoms with E-state index in [1.165, 1.54) is 6.33 Å². The third-order valence-corrected chi connectivity index (χ3v) is 2.68. The minimum Gasteiger partial charge on any atom is -0.392 e. The average Bonchev–Trinajstić information content (AvgIpc) is 2.29. The second-order valence-electron chi connectivity index (χ2n) is 4.41. The Morgan fingerprint density at radius 2 is 2.28 bits per heavy atom. The van der Waals surface area contributed by atoms with Crippen molar-refractivity contribution in [1.82, 2.24) is 14.9 Å². The first-order valence-corrected chi connectivity index (χ1v) is 6.06.